The van der Waals surface area contributed by atoms with Crippen molar-refractivity contribution in [3.05, 3.63) is 71.3 Å². The first-order chi connectivity index (χ1) is 29.0. The summed E-state index contributed by atoms with van der Waals surface area (Å²) in [5, 5.41) is 45.0. The number of aliphatic hydroxyl groups is 1. The third-order valence-corrected chi connectivity index (χ3v) is 9.66. The maximum atomic E-state index is 13.7. The number of aliphatic hydroxyl groups excluding tert-OH is 1. The lowest BCUT2D eigenvalue weighted by atomic mass is 9.96. The zero-order chi connectivity index (χ0) is 46.8. The Labute approximate surface area is 359 Å². The van der Waals surface area contributed by atoms with Crippen LogP contribution < -0.4 is 31.9 Å². The lowest BCUT2D eigenvalue weighted by Crippen LogP contribution is -2.60. The van der Waals surface area contributed by atoms with Crippen molar-refractivity contribution in [2.45, 2.75) is 129 Å². The van der Waals surface area contributed by atoms with Gasteiger partial charge in [0.05, 0.1) is 25.0 Å². The van der Waals surface area contributed by atoms with Gasteiger partial charge in [0.1, 0.15) is 41.8 Å². The molecule has 0 spiro atoms. The number of amides is 6. The van der Waals surface area contributed by atoms with E-state index in [2.05, 4.69) is 31.9 Å². The second kappa shape index (κ2) is 25.1. The van der Waals surface area contributed by atoms with Gasteiger partial charge in [0.2, 0.25) is 35.4 Å². The molecule has 342 valence electrons. The highest BCUT2D eigenvalue weighted by Crippen LogP contribution is 2.15. The molecule has 9 N–H and O–H groups in total. The molecule has 19 heteroatoms. The molecule has 0 aliphatic heterocycles. The monoisotopic (exact) mass is 874 g/mol. The number of rotatable bonds is 25. The summed E-state index contributed by atoms with van der Waals surface area (Å²) in [7, 11) is 0. The number of carboxylic acids is 2. The van der Waals surface area contributed by atoms with E-state index in [1.807, 2.05) is 13.8 Å². The van der Waals surface area contributed by atoms with Crippen LogP contribution in [0.25, 0.3) is 0 Å². The smallest absolute Gasteiger partial charge is 0.326 e. The minimum atomic E-state index is -1.49. The number of carbonyl (C=O) groups is 8. The first-order valence-electron chi connectivity index (χ1n) is 20.4. The van der Waals surface area contributed by atoms with Crippen LogP contribution in [0.5, 0.6) is 0 Å². The molecule has 0 aromatic heterocycles. The number of benzene rings is 2. The van der Waals surface area contributed by atoms with E-state index in [1.54, 1.807) is 58.0 Å². The van der Waals surface area contributed by atoms with Gasteiger partial charge in [0.15, 0.2) is 0 Å². The first kappa shape index (κ1) is 52.2. The van der Waals surface area contributed by atoms with Gasteiger partial charge in [-0.2, -0.15) is 0 Å². The van der Waals surface area contributed by atoms with Crippen molar-refractivity contribution >= 4 is 47.4 Å². The molecule has 2 aromatic carbocycles. The molecule has 62 heavy (non-hydrogen) atoms. The van der Waals surface area contributed by atoms with Crippen LogP contribution in [-0.4, -0.2) is 105 Å². The molecule has 0 heterocycles. The molecule has 2 aromatic rings. The van der Waals surface area contributed by atoms with Gasteiger partial charge in [-0.3, -0.25) is 33.6 Å². The van der Waals surface area contributed by atoms with Gasteiger partial charge in [0, 0.05) is 18.9 Å². The summed E-state index contributed by atoms with van der Waals surface area (Å²) in [6.07, 6.45) is -3.17. The largest absolute Gasteiger partial charge is 0.481 e. The van der Waals surface area contributed by atoms with Gasteiger partial charge in [-0.25, -0.2) is 13.6 Å². The lowest BCUT2D eigenvalue weighted by Gasteiger charge is -2.29. The van der Waals surface area contributed by atoms with Crippen molar-refractivity contribution in [2.24, 2.45) is 17.8 Å². The van der Waals surface area contributed by atoms with E-state index in [9.17, 15) is 62.5 Å². The summed E-state index contributed by atoms with van der Waals surface area (Å²) < 4.78 is 27.3. The Bertz CT molecular complexity index is 1860. The Morgan fingerprint density at radius 1 is 0.613 bits per heavy atom. The minimum Gasteiger partial charge on any atom is -0.481 e. The summed E-state index contributed by atoms with van der Waals surface area (Å²) in [6.45, 7) is 11.4. The minimum absolute atomic E-state index is 0.0497. The maximum Gasteiger partial charge on any atom is 0.326 e. The fourth-order valence-electron chi connectivity index (χ4n) is 6.38. The number of aliphatic carboxylic acids is 2. The molecule has 2 rings (SSSR count). The Hall–Kier alpha value is -5.98. The molecular formula is C43H60F2N6O11. The Morgan fingerprint density at radius 3 is 1.69 bits per heavy atom. The highest BCUT2D eigenvalue weighted by molar-refractivity contribution is 5.96. The molecule has 0 radical (unpaired) electrons. The van der Waals surface area contributed by atoms with Crippen LogP contribution in [0, 0.1) is 29.4 Å². The fraction of sp³-hybridized carbons (Fsp3) is 0.535. The average molecular weight is 875 g/mol. The van der Waals surface area contributed by atoms with Crippen LogP contribution in [-0.2, 0) is 51.2 Å². The summed E-state index contributed by atoms with van der Waals surface area (Å²) in [5.41, 5.74) is 0.672. The lowest BCUT2D eigenvalue weighted by molar-refractivity contribution is -0.143. The highest BCUT2D eigenvalue weighted by Gasteiger charge is 2.34. The molecule has 6 amide bonds. The van der Waals surface area contributed by atoms with Crippen molar-refractivity contribution in [1.82, 2.24) is 31.9 Å². The number of carboxylic acid groups (broad SMARTS) is 2. The SMILES string of the molecule is CC(C)C[C@H](NC(=O)Cc1cc(F)cc(F)c1)[C@@H](O)CC(=O)N[C@H](C(=O)N[C@H](C(=O)N[C@@H](C)C(=O)N[C@@H](CCC(=O)O)C(=O)N[C@@H](Cc1ccccc1)C(=O)O)C(C)C)C(C)C. The van der Waals surface area contributed by atoms with Crippen LogP contribution in [0.3, 0.4) is 0 Å². The molecule has 0 bridgehead atoms. The third kappa shape index (κ3) is 18.3. The molecule has 0 aliphatic carbocycles. The quantitative estimate of drug-likeness (QED) is 0.0694. The van der Waals surface area contributed by atoms with Gasteiger partial charge in [-0.05, 0) is 60.8 Å². The standard InChI is InChI=1S/C43H60F2N6O11/c1-22(2)15-31(47-34(53)19-27-16-28(44)20-29(45)17-27)33(52)21-35(54)50-37(23(3)4)42(60)51-38(24(5)6)41(59)46-25(7)39(57)48-30(13-14-36(55)56)40(58)49-32(43(61)62)18-26-11-9-8-10-12-26/h8-12,16-17,20,22-25,30-33,37-38,52H,13-15,18-19,21H2,1-7H3,(H,46,59)(H,47,53)(H,48,57)(H,49,58)(H,50,54)(H,51,60)(H,55,56)(H,61,62)/t25-,30-,31-,32-,33-,37-,38-/m0/s1. The Kier molecular flexibility index (Phi) is 21.1. The van der Waals surface area contributed by atoms with Crippen LogP contribution in [0.2, 0.25) is 0 Å². The van der Waals surface area contributed by atoms with E-state index < -0.39 is 132 Å². The summed E-state index contributed by atoms with van der Waals surface area (Å²) >= 11 is 0. The zero-order valence-electron chi connectivity index (χ0n) is 36.0. The van der Waals surface area contributed by atoms with Crippen LogP contribution >= 0.6 is 0 Å². The van der Waals surface area contributed by atoms with Crippen molar-refractivity contribution < 1.29 is 62.5 Å². The normalized spacial score (nSPS) is 14.7. The van der Waals surface area contributed by atoms with E-state index in [4.69, 9.17) is 0 Å². The average Bonchev–Trinajstić information content (AvgIpc) is 3.16. The van der Waals surface area contributed by atoms with Gasteiger partial charge >= 0.3 is 11.9 Å². The summed E-state index contributed by atoms with van der Waals surface area (Å²) in [6, 6.07) is 3.47. The zero-order valence-corrected chi connectivity index (χ0v) is 36.0. The Morgan fingerprint density at radius 2 is 1.16 bits per heavy atom. The molecule has 0 unspecified atom stereocenters. The highest BCUT2D eigenvalue weighted by atomic mass is 19.1. The van der Waals surface area contributed by atoms with E-state index in [0.717, 1.165) is 12.1 Å². The summed E-state index contributed by atoms with van der Waals surface area (Å²) in [5.74, 6) is -10.3. The number of halogens is 2. The molecule has 0 fully saturated rings. The van der Waals surface area contributed by atoms with Crippen molar-refractivity contribution in [1.29, 1.82) is 0 Å². The van der Waals surface area contributed by atoms with Crippen molar-refractivity contribution in [3.8, 4) is 0 Å². The number of carbonyl (C=O) groups excluding carboxylic acids is 6. The van der Waals surface area contributed by atoms with E-state index in [1.165, 1.54) is 6.92 Å². The molecule has 0 aliphatic rings. The van der Waals surface area contributed by atoms with Gasteiger partial charge in [-0.1, -0.05) is 71.9 Å². The molecule has 0 saturated heterocycles. The topological polar surface area (TPSA) is 269 Å². The maximum absolute atomic E-state index is 13.7. The second-order valence-electron chi connectivity index (χ2n) is 16.4. The van der Waals surface area contributed by atoms with Crippen molar-refractivity contribution in [2.75, 3.05) is 0 Å². The number of hydrogen-bond donors (Lipinski definition) is 9. The van der Waals surface area contributed by atoms with Gasteiger partial charge in [0.25, 0.3) is 0 Å². The predicted octanol–water partition coefficient (Wildman–Crippen LogP) is 1.74. The molecular weight excluding hydrogens is 814 g/mol. The molecule has 7 atom stereocenters. The Balaban J connectivity index is 2.10. The molecule has 17 nitrogen and oxygen atoms in total. The van der Waals surface area contributed by atoms with E-state index in [0.29, 0.717) is 11.6 Å². The van der Waals surface area contributed by atoms with Crippen molar-refractivity contribution in [3.63, 3.8) is 0 Å². The van der Waals surface area contributed by atoms with Crippen LogP contribution in [0.15, 0.2) is 48.5 Å². The molecule has 0 saturated carbocycles. The summed E-state index contributed by atoms with van der Waals surface area (Å²) in [4.78, 5) is 103. The van der Waals surface area contributed by atoms with Gasteiger partial charge < -0.3 is 47.2 Å². The fourth-order valence-corrected chi connectivity index (χ4v) is 6.38. The van der Waals surface area contributed by atoms with E-state index >= 15 is 0 Å². The first-order valence-corrected chi connectivity index (χ1v) is 20.4. The van der Waals surface area contributed by atoms with Crippen LogP contribution in [0.1, 0.15) is 85.3 Å². The third-order valence-electron chi connectivity index (χ3n) is 9.66. The number of hydrogen-bond acceptors (Lipinski definition) is 9. The number of nitrogens with one attached hydrogen (secondary N) is 6. The van der Waals surface area contributed by atoms with Crippen LogP contribution in [0.4, 0.5) is 8.78 Å². The van der Waals surface area contributed by atoms with Gasteiger partial charge in [-0.15, -0.1) is 0 Å². The van der Waals surface area contributed by atoms with E-state index in [-0.39, 0.29) is 30.7 Å². The predicted molar refractivity (Wildman–Crippen MR) is 222 cm³/mol. The second-order valence-corrected chi connectivity index (χ2v) is 16.4.